The minimum Gasteiger partial charge on any atom is -0.347 e. The van der Waals surface area contributed by atoms with Gasteiger partial charge in [0.15, 0.2) is 0 Å². The number of hydrogen-bond donors (Lipinski definition) is 2. The molecule has 1 saturated carbocycles. The highest BCUT2D eigenvalue weighted by Gasteiger charge is 2.24. The number of thiophene rings is 1. The summed E-state index contributed by atoms with van der Waals surface area (Å²) >= 11 is 7.14. The molecule has 1 aliphatic carbocycles. The van der Waals surface area contributed by atoms with Crippen molar-refractivity contribution in [3.8, 4) is 0 Å². The van der Waals surface area contributed by atoms with Crippen LogP contribution in [0, 0.1) is 5.92 Å². The van der Waals surface area contributed by atoms with Crippen LogP contribution in [0.25, 0.3) is 0 Å². The normalized spacial score (nSPS) is 18.6. The van der Waals surface area contributed by atoms with Gasteiger partial charge < -0.3 is 11.1 Å². The molecule has 0 saturated heterocycles. The van der Waals surface area contributed by atoms with Crippen molar-refractivity contribution in [2.45, 2.75) is 38.1 Å². The Morgan fingerprint density at radius 2 is 2.17 bits per heavy atom. The average molecular weight is 287 g/mol. The maximum Gasteiger partial charge on any atom is 0.261 e. The molecule has 0 bridgehead atoms. The predicted octanol–water partition coefficient (Wildman–Crippen LogP) is 3.04. The van der Waals surface area contributed by atoms with Crippen LogP contribution in [0.2, 0.25) is 4.34 Å². The lowest BCUT2D eigenvalue weighted by Gasteiger charge is -2.29. The van der Waals surface area contributed by atoms with Crippen molar-refractivity contribution in [1.82, 2.24) is 5.32 Å². The molecule has 1 unspecified atom stereocenters. The van der Waals surface area contributed by atoms with Crippen molar-refractivity contribution >= 4 is 28.8 Å². The van der Waals surface area contributed by atoms with E-state index in [0.717, 1.165) is 0 Å². The van der Waals surface area contributed by atoms with Crippen molar-refractivity contribution in [3.05, 3.63) is 21.3 Å². The fraction of sp³-hybridized carbons (Fsp3) is 0.615. The van der Waals surface area contributed by atoms with Gasteiger partial charge in [0.25, 0.3) is 5.91 Å². The van der Waals surface area contributed by atoms with Crippen LogP contribution in [-0.4, -0.2) is 18.5 Å². The summed E-state index contributed by atoms with van der Waals surface area (Å²) in [5.41, 5.74) is 5.80. The first kappa shape index (κ1) is 13.8. The standard InChI is InChI=1S/C13H19ClN2OS/c14-12-7-6-11(18-12)13(17)16-10(8-15)9-4-2-1-3-5-9/h6-7,9-10H,1-5,8,15H2,(H,16,17). The number of halogens is 1. The summed E-state index contributed by atoms with van der Waals surface area (Å²) < 4.78 is 0.641. The molecule has 1 atom stereocenters. The zero-order chi connectivity index (χ0) is 13.0. The van der Waals surface area contributed by atoms with Gasteiger partial charge in [-0.05, 0) is 30.9 Å². The summed E-state index contributed by atoms with van der Waals surface area (Å²) in [6, 6.07) is 3.61. The van der Waals surface area contributed by atoms with Crippen LogP contribution in [0.15, 0.2) is 12.1 Å². The zero-order valence-corrected chi connectivity index (χ0v) is 11.9. The molecule has 100 valence electrons. The van der Waals surface area contributed by atoms with Crippen molar-refractivity contribution in [3.63, 3.8) is 0 Å². The fourth-order valence-corrected chi connectivity index (χ4v) is 3.53. The van der Waals surface area contributed by atoms with Crippen LogP contribution in [-0.2, 0) is 0 Å². The van der Waals surface area contributed by atoms with E-state index in [4.69, 9.17) is 17.3 Å². The van der Waals surface area contributed by atoms with Gasteiger partial charge in [-0.3, -0.25) is 4.79 Å². The van der Waals surface area contributed by atoms with Gasteiger partial charge in [-0.2, -0.15) is 0 Å². The van der Waals surface area contributed by atoms with Gasteiger partial charge in [-0.25, -0.2) is 0 Å². The largest absolute Gasteiger partial charge is 0.347 e. The topological polar surface area (TPSA) is 55.1 Å². The monoisotopic (exact) mass is 286 g/mol. The summed E-state index contributed by atoms with van der Waals surface area (Å²) in [5.74, 6) is 0.482. The van der Waals surface area contributed by atoms with E-state index in [1.807, 2.05) is 0 Å². The molecule has 0 aliphatic heterocycles. The molecule has 18 heavy (non-hydrogen) atoms. The molecule has 5 heteroatoms. The van der Waals surface area contributed by atoms with E-state index in [0.29, 0.717) is 21.7 Å². The van der Waals surface area contributed by atoms with E-state index >= 15 is 0 Å². The maximum absolute atomic E-state index is 12.1. The van der Waals surface area contributed by atoms with Gasteiger partial charge in [0, 0.05) is 12.6 Å². The molecule has 0 aromatic carbocycles. The highest BCUT2D eigenvalue weighted by Crippen LogP contribution is 2.27. The first-order valence-corrected chi connectivity index (χ1v) is 7.66. The molecule has 1 aromatic heterocycles. The van der Waals surface area contributed by atoms with E-state index in [2.05, 4.69) is 5.32 Å². The number of carbonyl (C=O) groups excluding carboxylic acids is 1. The van der Waals surface area contributed by atoms with Crippen LogP contribution in [0.3, 0.4) is 0 Å². The number of nitrogens with two attached hydrogens (primary N) is 1. The molecule has 1 aliphatic rings. The molecule has 1 heterocycles. The van der Waals surface area contributed by atoms with Crippen molar-refractivity contribution in [2.24, 2.45) is 11.7 Å². The highest BCUT2D eigenvalue weighted by atomic mass is 35.5. The highest BCUT2D eigenvalue weighted by molar-refractivity contribution is 7.17. The van der Waals surface area contributed by atoms with Gasteiger partial charge in [-0.1, -0.05) is 30.9 Å². The summed E-state index contributed by atoms with van der Waals surface area (Å²) in [6.07, 6.45) is 6.16. The van der Waals surface area contributed by atoms with Gasteiger partial charge in [0.2, 0.25) is 0 Å². The Balaban J connectivity index is 1.95. The quantitative estimate of drug-likeness (QED) is 0.894. The molecular weight excluding hydrogens is 268 g/mol. The third-order valence-corrected chi connectivity index (χ3v) is 4.82. The Morgan fingerprint density at radius 3 is 2.72 bits per heavy atom. The van der Waals surface area contributed by atoms with E-state index in [1.165, 1.54) is 43.4 Å². The van der Waals surface area contributed by atoms with Gasteiger partial charge in [-0.15, -0.1) is 11.3 Å². The van der Waals surface area contributed by atoms with E-state index in [1.54, 1.807) is 12.1 Å². The Hall–Kier alpha value is -0.580. The lowest BCUT2D eigenvalue weighted by Crippen LogP contribution is -2.45. The summed E-state index contributed by atoms with van der Waals surface area (Å²) in [6.45, 7) is 0.509. The lowest BCUT2D eigenvalue weighted by molar-refractivity contribution is 0.0919. The predicted molar refractivity (Wildman–Crippen MR) is 76.2 cm³/mol. The Bertz CT molecular complexity index is 401. The molecule has 3 nitrogen and oxygen atoms in total. The van der Waals surface area contributed by atoms with Gasteiger partial charge in [0.1, 0.15) is 0 Å². The molecule has 0 radical (unpaired) electrons. The van der Waals surface area contributed by atoms with Crippen LogP contribution in [0.1, 0.15) is 41.8 Å². The number of nitrogens with one attached hydrogen (secondary N) is 1. The second-order valence-corrected chi connectivity index (χ2v) is 6.53. The van der Waals surface area contributed by atoms with Crippen molar-refractivity contribution in [2.75, 3.05) is 6.54 Å². The Labute approximate surface area is 117 Å². The third kappa shape index (κ3) is 3.46. The van der Waals surface area contributed by atoms with Crippen LogP contribution in [0.4, 0.5) is 0 Å². The zero-order valence-electron chi connectivity index (χ0n) is 10.3. The average Bonchev–Trinajstić information content (AvgIpc) is 2.83. The minimum atomic E-state index is -0.0482. The smallest absolute Gasteiger partial charge is 0.261 e. The second kappa shape index (κ2) is 6.55. The molecular formula is C13H19ClN2OS. The molecule has 1 aromatic rings. The van der Waals surface area contributed by atoms with Gasteiger partial charge in [0.05, 0.1) is 9.21 Å². The van der Waals surface area contributed by atoms with Crippen molar-refractivity contribution < 1.29 is 4.79 Å². The first-order chi connectivity index (χ1) is 8.70. The molecule has 3 N–H and O–H groups in total. The molecule has 2 rings (SSSR count). The SMILES string of the molecule is NCC(NC(=O)c1ccc(Cl)s1)C1CCCCC1. The number of rotatable bonds is 4. The van der Waals surface area contributed by atoms with Crippen molar-refractivity contribution in [1.29, 1.82) is 0 Å². The van der Waals surface area contributed by atoms with Crippen LogP contribution in [0.5, 0.6) is 0 Å². The number of hydrogen-bond acceptors (Lipinski definition) is 3. The molecule has 0 spiro atoms. The summed E-state index contributed by atoms with van der Waals surface area (Å²) in [5, 5.41) is 3.05. The van der Waals surface area contributed by atoms with E-state index < -0.39 is 0 Å². The second-order valence-electron chi connectivity index (χ2n) is 4.82. The minimum absolute atomic E-state index is 0.0482. The number of carbonyl (C=O) groups is 1. The Morgan fingerprint density at radius 1 is 1.44 bits per heavy atom. The third-order valence-electron chi connectivity index (χ3n) is 3.59. The fourth-order valence-electron chi connectivity index (χ4n) is 2.58. The molecule has 1 fully saturated rings. The molecule has 1 amide bonds. The lowest BCUT2D eigenvalue weighted by atomic mass is 9.84. The van der Waals surface area contributed by atoms with E-state index in [9.17, 15) is 4.79 Å². The summed E-state index contributed by atoms with van der Waals surface area (Å²) in [7, 11) is 0. The van der Waals surface area contributed by atoms with E-state index in [-0.39, 0.29) is 11.9 Å². The van der Waals surface area contributed by atoms with Crippen LogP contribution >= 0.6 is 22.9 Å². The first-order valence-electron chi connectivity index (χ1n) is 6.47. The number of amides is 1. The summed E-state index contributed by atoms with van der Waals surface area (Å²) in [4.78, 5) is 12.7. The van der Waals surface area contributed by atoms with Crippen LogP contribution < -0.4 is 11.1 Å². The van der Waals surface area contributed by atoms with Gasteiger partial charge >= 0.3 is 0 Å². The maximum atomic E-state index is 12.1. The Kier molecular flexibility index (Phi) is 5.03.